The maximum Gasteiger partial charge on any atom is 0.224 e. The number of ether oxygens (including phenoxy) is 1. The van der Waals surface area contributed by atoms with Gasteiger partial charge >= 0.3 is 0 Å². The highest BCUT2D eigenvalue weighted by molar-refractivity contribution is 9.10. The molecule has 0 fully saturated rings. The Bertz CT molecular complexity index is 422. The fraction of sp³-hybridized carbons (Fsp3) is 0.462. The number of aryl methyl sites for hydroxylation is 1. The SMILES string of the molecule is COc1cc(Br)cc(C)c1NC(=O)CCCCBr. The van der Waals surface area contributed by atoms with Crippen molar-refractivity contribution < 1.29 is 9.53 Å². The predicted octanol–water partition coefficient (Wildman–Crippen LogP) is 4.27. The minimum absolute atomic E-state index is 0.0275. The van der Waals surface area contributed by atoms with Crippen molar-refractivity contribution in [1.29, 1.82) is 0 Å². The maximum atomic E-state index is 11.8. The van der Waals surface area contributed by atoms with Gasteiger partial charge in [-0.1, -0.05) is 31.9 Å². The lowest BCUT2D eigenvalue weighted by Gasteiger charge is -2.13. The summed E-state index contributed by atoms with van der Waals surface area (Å²) >= 11 is 6.76. The number of hydrogen-bond donors (Lipinski definition) is 1. The lowest BCUT2D eigenvalue weighted by molar-refractivity contribution is -0.116. The van der Waals surface area contributed by atoms with Crippen molar-refractivity contribution >= 4 is 43.5 Å². The Morgan fingerprint density at radius 3 is 2.72 bits per heavy atom. The normalized spacial score (nSPS) is 10.2. The highest BCUT2D eigenvalue weighted by Gasteiger charge is 2.11. The number of hydrogen-bond acceptors (Lipinski definition) is 2. The standard InChI is InChI=1S/C13H17Br2NO2/c1-9-7-10(15)8-11(18-2)13(9)16-12(17)5-3-4-6-14/h7-8H,3-6H2,1-2H3,(H,16,17). The molecule has 0 unspecified atom stereocenters. The molecule has 0 saturated carbocycles. The zero-order chi connectivity index (χ0) is 13.5. The average molecular weight is 379 g/mol. The lowest BCUT2D eigenvalue weighted by Crippen LogP contribution is -2.13. The Kier molecular flexibility index (Phi) is 6.71. The molecule has 3 nitrogen and oxygen atoms in total. The van der Waals surface area contributed by atoms with E-state index in [1.807, 2.05) is 19.1 Å². The molecule has 1 rings (SSSR count). The Balaban J connectivity index is 2.74. The van der Waals surface area contributed by atoms with Crippen LogP contribution in [0.2, 0.25) is 0 Å². The van der Waals surface area contributed by atoms with Crippen LogP contribution in [0.25, 0.3) is 0 Å². The monoisotopic (exact) mass is 377 g/mol. The van der Waals surface area contributed by atoms with Gasteiger partial charge in [-0.05, 0) is 37.5 Å². The van der Waals surface area contributed by atoms with E-state index in [0.717, 1.165) is 33.9 Å². The summed E-state index contributed by atoms with van der Waals surface area (Å²) < 4.78 is 6.22. The molecule has 18 heavy (non-hydrogen) atoms. The Hall–Kier alpha value is -0.550. The van der Waals surface area contributed by atoms with Gasteiger partial charge in [-0.25, -0.2) is 0 Å². The maximum absolute atomic E-state index is 11.8. The van der Waals surface area contributed by atoms with Crippen molar-refractivity contribution in [3.8, 4) is 5.75 Å². The fourth-order valence-electron chi connectivity index (χ4n) is 1.62. The molecule has 1 N–H and O–H groups in total. The molecule has 100 valence electrons. The third-order valence-corrected chi connectivity index (χ3v) is 3.55. The molecule has 0 spiro atoms. The quantitative estimate of drug-likeness (QED) is 0.592. The van der Waals surface area contributed by atoms with Gasteiger partial charge in [-0.3, -0.25) is 4.79 Å². The first-order chi connectivity index (χ1) is 8.58. The fourth-order valence-corrected chi connectivity index (χ4v) is 2.56. The summed E-state index contributed by atoms with van der Waals surface area (Å²) in [6.07, 6.45) is 2.42. The van der Waals surface area contributed by atoms with Gasteiger partial charge in [0.05, 0.1) is 12.8 Å². The Morgan fingerprint density at radius 2 is 2.11 bits per heavy atom. The molecule has 1 amide bonds. The zero-order valence-corrected chi connectivity index (χ0v) is 13.7. The van der Waals surface area contributed by atoms with Crippen LogP contribution < -0.4 is 10.1 Å². The van der Waals surface area contributed by atoms with Crippen LogP contribution in [0.1, 0.15) is 24.8 Å². The number of carbonyl (C=O) groups excluding carboxylic acids is 1. The van der Waals surface area contributed by atoms with Crippen LogP contribution in [-0.4, -0.2) is 18.3 Å². The first kappa shape index (κ1) is 15.5. The van der Waals surface area contributed by atoms with E-state index in [0.29, 0.717) is 12.2 Å². The second-order valence-electron chi connectivity index (χ2n) is 3.99. The van der Waals surface area contributed by atoms with E-state index >= 15 is 0 Å². The van der Waals surface area contributed by atoms with E-state index in [1.165, 1.54) is 0 Å². The number of nitrogens with one attached hydrogen (secondary N) is 1. The topological polar surface area (TPSA) is 38.3 Å². The van der Waals surface area contributed by atoms with Crippen molar-refractivity contribution in [2.45, 2.75) is 26.2 Å². The van der Waals surface area contributed by atoms with E-state index in [9.17, 15) is 4.79 Å². The minimum atomic E-state index is 0.0275. The molecule has 5 heteroatoms. The molecular formula is C13H17Br2NO2. The lowest BCUT2D eigenvalue weighted by atomic mass is 10.1. The van der Waals surface area contributed by atoms with Gasteiger partial charge < -0.3 is 10.1 Å². The van der Waals surface area contributed by atoms with Crippen LogP contribution in [0, 0.1) is 6.92 Å². The van der Waals surface area contributed by atoms with Gasteiger partial charge in [0.1, 0.15) is 5.75 Å². The third kappa shape index (κ3) is 4.61. The summed E-state index contributed by atoms with van der Waals surface area (Å²) in [6.45, 7) is 1.95. The molecule has 1 aromatic carbocycles. The van der Waals surface area contributed by atoms with Crippen molar-refractivity contribution in [2.75, 3.05) is 17.8 Å². The number of alkyl halides is 1. The Morgan fingerprint density at radius 1 is 1.39 bits per heavy atom. The van der Waals surface area contributed by atoms with E-state index in [1.54, 1.807) is 7.11 Å². The van der Waals surface area contributed by atoms with Gasteiger partial charge in [0, 0.05) is 16.2 Å². The highest BCUT2D eigenvalue weighted by atomic mass is 79.9. The van der Waals surface area contributed by atoms with Gasteiger partial charge in [0.15, 0.2) is 0 Å². The number of methoxy groups -OCH3 is 1. The highest BCUT2D eigenvalue weighted by Crippen LogP contribution is 2.32. The Labute approximate surface area is 125 Å². The van der Waals surface area contributed by atoms with Crippen molar-refractivity contribution in [2.24, 2.45) is 0 Å². The summed E-state index contributed by atoms with van der Waals surface area (Å²) in [6, 6.07) is 3.80. The van der Waals surface area contributed by atoms with E-state index < -0.39 is 0 Å². The van der Waals surface area contributed by atoms with E-state index in [4.69, 9.17) is 4.74 Å². The summed E-state index contributed by atoms with van der Waals surface area (Å²) in [7, 11) is 1.60. The molecule has 0 aliphatic rings. The first-order valence-electron chi connectivity index (χ1n) is 5.78. The molecule has 1 aromatic rings. The van der Waals surface area contributed by atoms with Crippen LogP contribution in [0.15, 0.2) is 16.6 Å². The molecule has 0 bridgehead atoms. The van der Waals surface area contributed by atoms with Crippen LogP contribution >= 0.6 is 31.9 Å². The average Bonchev–Trinajstić information content (AvgIpc) is 2.32. The third-order valence-electron chi connectivity index (χ3n) is 2.54. The summed E-state index contributed by atoms with van der Waals surface area (Å²) in [4.78, 5) is 11.8. The van der Waals surface area contributed by atoms with Crippen molar-refractivity contribution in [3.05, 3.63) is 22.2 Å². The van der Waals surface area contributed by atoms with Gasteiger partial charge in [0.25, 0.3) is 0 Å². The second-order valence-corrected chi connectivity index (χ2v) is 5.70. The number of halogens is 2. The van der Waals surface area contributed by atoms with Gasteiger partial charge in [0.2, 0.25) is 5.91 Å². The number of benzene rings is 1. The largest absolute Gasteiger partial charge is 0.495 e. The summed E-state index contributed by atoms with van der Waals surface area (Å²) in [5.41, 5.74) is 1.74. The number of amides is 1. The van der Waals surface area contributed by atoms with Crippen LogP contribution in [0.5, 0.6) is 5.75 Å². The van der Waals surface area contributed by atoms with Crippen molar-refractivity contribution in [1.82, 2.24) is 0 Å². The number of unbranched alkanes of at least 4 members (excludes halogenated alkanes) is 1. The van der Waals surface area contributed by atoms with E-state index in [-0.39, 0.29) is 5.91 Å². The number of rotatable bonds is 6. The molecule has 0 radical (unpaired) electrons. The smallest absolute Gasteiger partial charge is 0.224 e. The summed E-state index contributed by atoms with van der Waals surface area (Å²) in [5.74, 6) is 0.704. The molecule has 0 aliphatic carbocycles. The van der Waals surface area contributed by atoms with Gasteiger partial charge in [-0.2, -0.15) is 0 Å². The molecule has 0 aromatic heterocycles. The number of anilines is 1. The molecule has 0 aliphatic heterocycles. The minimum Gasteiger partial charge on any atom is -0.495 e. The van der Waals surface area contributed by atoms with Crippen LogP contribution in [-0.2, 0) is 4.79 Å². The van der Waals surface area contributed by atoms with Gasteiger partial charge in [-0.15, -0.1) is 0 Å². The van der Waals surface area contributed by atoms with Crippen molar-refractivity contribution in [3.63, 3.8) is 0 Å². The molecular weight excluding hydrogens is 362 g/mol. The summed E-state index contributed by atoms with van der Waals surface area (Å²) in [5, 5.41) is 3.85. The van der Waals surface area contributed by atoms with E-state index in [2.05, 4.69) is 37.2 Å². The van der Waals surface area contributed by atoms with Crippen LogP contribution in [0.4, 0.5) is 5.69 Å². The molecule has 0 atom stereocenters. The zero-order valence-electron chi connectivity index (χ0n) is 10.6. The molecule has 0 saturated heterocycles. The second kappa shape index (κ2) is 7.79. The van der Waals surface area contributed by atoms with Crippen LogP contribution in [0.3, 0.4) is 0 Å². The predicted molar refractivity (Wildman–Crippen MR) is 81.7 cm³/mol. The first-order valence-corrected chi connectivity index (χ1v) is 7.70. The number of carbonyl (C=O) groups is 1. The molecule has 0 heterocycles.